The summed E-state index contributed by atoms with van der Waals surface area (Å²) in [6.45, 7) is 0.701. The molecule has 3 heterocycles. The standard InChI is InChI=1S/C27H26N10O4/c28-16-5-8-19-20(11-16)26(41)37(25(19)40)10-2-1-9-31-24(39)15-3-6-18(7-4-15)36(14-38)13-17-12-32-23-21(33-17)22(29)34-27(30)35-23/h3-8,11-12,14H,1-2,9-10,13,28H2,(H,31,39)(H4,29,30,32,34,35). The Morgan fingerprint density at radius 1 is 0.951 bits per heavy atom. The van der Waals surface area contributed by atoms with Crippen LogP contribution in [-0.2, 0) is 11.3 Å². The molecule has 7 N–H and O–H groups in total. The largest absolute Gasteiger partial charge is 0.399 e. The fraction of sp³-hybridized carbons (Fsp3) is 0.185. The number of amides is 4. The van der Waals surface area contributed by atoms with Crippen molar-refractivity contribution in [3.63, 3.8) is 0 Å². The zero-order chi connectivity index (χ0) is 29.1. The van der Waals surface area contributed by atoms with Crippen LogP contribution < -0.4 is 27.4 Å². The first-order valence-corrected chi connectivity index (χ1v) is 12.7. The Kier molecular flexibility index (Phi) is 7.37. The Hall–Kier alpha value is -5.66. The number of nitrogens with zero attached hydrogens (tertiary/aromatic N) is 6. The molecule has 0 saturated carbocycles. The summed E-state index contributed by atoms with van der Waals surface area (Å²) in [5, 5.41) is 2.82. The third kappa shape index (κ3) is 5.56. The van der Waals surface area contributed by atoms with E-state index in [-0.39, 0.29) is 53.7 Å². The van der Waals surface area contributed by atoms with Crippen LogP contribution in [0.5, 0.6) is 0 Å². The van der Waals surface area contributed by atoms with Gasteiger partial charge in [-0.1, -0.05) is 0 Å². The molecule has 1 aliphatic heterocycles. The lowest BCUT2D eigenvalue weighted by molar-refractivity contribution is -0.107. The van der Waals surface area contributed by atoms with E-state index in [2.05, 4.69) is 25.3 Å². The molecule has 0 atom stereocenters. The molecule has 0 aliphatic carbocycles. The number of hydrogen-bond donors (Lipinski definition) is 4. The third-order valence-electron chi connectivity index (χ3n) is 6.51. The van der Waals surface area contributed by atoms with Crippen LogP contribution in [0.2, 0.25) is 0 Å². The van der Waals surface area contributed by atoms with Crippen LogP contribution in [0, 0.1) is 0 Å². The van der Waals surface area contributed by atoms with Gasteiger partial charge in [-0.3, -0.25) is 24.1 Å². The van der Waals surface area contributed by atoms with Crippen LogP contribution in [0.1, 0.15) is 49.6 Å². The molecule has 2 aromatic heterocycles. The Bertz CT molecular complexity index is 1680. The molecule has 5 rings (SSSR count). The Morgan fingerprint density at radius 3 is 2.46 bits per heavy atom. The number of rotatable bonds is 10. The second-order valence-electron chi connectivity index (χ2n) is 9.31. The van der Waals surface area contributed by atoms with Crippen molar-refractivity contribution in [3.05, 3.63) is 71.0 Å². The lowest BCUT2D eigenvalue weighted by Gasteiger charge is -2.17. The van der Waals surface area contributed by atoms with E-state index in [1.165, 1.54) is 22.1 Å². The summed E-state index contributed by atoms with van der Waals surface area (Å²) < 4.78 is 0. The number of unbranched alkanes of at least 4 members (excludes halogenated alkanes) is 1. The van der Waals surface area contributed by atoms with Gasteiger partial charge in [0.15, 0.2) is 17.0 Å². The lowest BCUT2D eigenvalue weighted by Crippen LogP contribution is -2.31. The first-order valence-electron chi connectivity index (χ1n) is 12.7. The summed E-state index contributed by atoms with van der Waals surface area (Å²) in [7, 11) is 0. The first-order chi connectivity index (χ1) is 19.7. The minimum atomic E-state index is -0.359. The van der Waals surface area contributed by atoms with Crippen molar-refractivity contribution < 1.29 is 19.2 Å². The minimum Gasteiger partial charge on any atom is -0.399 e. The summed E-state index contributed by atoms with van der Waals surface area (Å²) in [4.78, 5) is 68.5. The second kappa shape index (κ2) is 11.2. The van der Waals surface area contributed by atoms with Crippen molar-refractivity contribution in [2.24, 2.45) is 0 Å². The number of nitrogens with two attached hydrogens (primary N) is 3. The van der Waals surface area contributed by atoms with E-state index in [9.17, 15) is 19.2 Å². The monoisotopic (exact) mass is 554 g/mol. The molecular weight excluding hydrogens is 528 g/mol. The Balaban J connectivity index is 1.12. The summed E-state index contributed by atoms with van der Waals surface area (Å²) in [6.07, 6.45) is 3.20. The van der Waals surface area contributed by atoms with E-state index >= 15 is 0 Å². The summed E-state index contributed by atoms with van der Waals surface area (Å²) in [5.74, 6) is -0.913. The van der Waals surface area contributed by atoms with Gasteiger partial charge in [0.1, 0.15) is 0 Å². The van der Waals surface area contributed by atoms with Crippen molar-refractivity contribution in [3.8, 4) is 0 Å². The average Bonchev–Trinajstić information content (AvgIpc) is 3.19. The number of imide groups is 1. The van der Waals surface area contributed by atoms with Crippen LogP contribution in [0.4, 0.5) is 23.1 Å². The summed E-state index contributed by atoms with van der Waals surface area (Å²) in [6, 6.07) is 11.2. The fourth-order valence-electron chi connectivity index (χ4n) is 4.44. The Labute approximate surface area is 233 Å². The molecule has 208 valence electrons. The summed E-state index contributed by atoms with van der Waals surface area (Å²) >= 11 is 0. The smallest absolute Gasteiger partial charge is 0.261 e. The summed E-state index contributed by atoms with van der Waals surface area (Å²) in [5.41, 5.74) is 20.2. The predicted molar refractivity (Wildman–Crippen MR) is 150 cm³/mol. The third-order valence-corrected chi connectivity index (χ3v) is 6.51. The van der Waals surface area contributed by atoms with E-state index < -0.39 is 0 Å². The number of benzene rings is 2. The van der Waals surface area contributed by atoms with Gasteiger partial charge in [-0.15, -0.1) is 0 Å². The highest BCUT2D eigenvalue weighted by atomic mass is 16.2. The predicted octanol–water partition coefficient (Wildman–Crippen LogP) is 1.14. The van der Waals surface area contributed by atoms with Gasteiger partial charge in [0, 0.05) is 30.0 Å². The van der Waals surface area contributed by atoms with Gasteiger partial charge in [-0.25, -0.2) is 9.97 Å². The number of nitrogen functional groups attached to an aromatic ring is 3. The van der Waals surface area contributed by atoms with Crippen LogP contribution in [-0.4, -0.2) is 62.1 Å². The molecule has 41 heavy (non-hydrogen) atoms. The molecule has 0 saturated heterocycles. The topological polar surface area (TPSA) is 216 Å². The zero-order valence-electron chi connectivity index (χ0n) is 21.8. The number of carbonyl (C=O) groups is 4. The fourth-order valence-corrected chi connectivity index (χ4v) is 4.44. The van der Waals surface area contributed by atoms with Gasteiger partial charge in [-0.05, 0) is 55.3 Å². The molecule has 0 fully saturated rings. The zero-order valence-corrected chi connectivity index (χ0v) is 21.8. The second-order valence-corrected chi connectivity index (χ2v) is 9.31. The molecule has 14 heteroatoms. The SMILES string of the molecule is Nc1ccc2c(c1)C(=O)N(CCCCNC(=O)c1ccc(N(C=O)Cc3cnc4nc(N)nc(N)c4n3)cc1)C2=O. The average molecular weight is 555 g/mol. The highest BCUT2D eigenvalue weighted by Gasteiger charge is 2.34. The van der Waals surface area contributed by atoms with Crippen LogP contribution in [0.3, 0.4) is 0 Å². The molecule has 0 spiro atoms. The van der Waals surface area contributed by atoms with Crippen molar-refractivity contribution in [1.82, 2.24) is 30.2 Å². The van der Waals surface area contributed by atoms with Crippen molar-refractivity contribution in [1.29, 1.82) is 0 Å². The van der Waals surface area contributed by atoms with Crippen molar-refractivity contribution in [2.45, 2.75) is 19.4 Å². The molecule has 1 aliphatic rings. The highest BCUT2D eigenvalue weighted by Crippen LogP contribution is 2.25. The van der Waals surface area contributed by atoms with Crippen LogP contribution in [0.25, 0.3) is 11.2 Å². The number of anilines is 4. The van der Waals surface area contributed by atoms with Gasteiger partial charge in [-0.2, -0.15) is 9.97 Å². The van der Waals surface area contributed by atoms with Crippen molar-refractivity contribution >= 4 is 58.4 Å². The van der Waals surface area contributed by atoms with Gasteiger partial charge in [0.05, 0.1) is 29.6 Å². The lowest BCUT2D eigenvalue weighted by atomic mass is 10.1. The highest BCUT2D eigenvalue weighted by molar-refractivity contribution is 6.21. The minimum absolute atomic E-state index is 0.0107. The maximum Gasteiger partial charge on any atom is 0.261 e. The van der Waals surface area contributed by atoms with Crippen molar-refractivity contribution in [2.75, 3.05) is 35.2 Å². The van der Waals surface area contributed by atoms with Gasteiger partial charge >= 0.3 is 0 Å². The number of nitrogens with one attached hydrogen (secondary N) is 1. The maximum atomic E-state index is 12.6. The molecule has 0 radical (unpaired) electrons. The molecule has 0 bridgehead atoms. The van der Waals surface area contributed by atoms with E-state index in [0.29, 0.717) is 59.6 Å². The molecule has 2 aromatic carbocycles. The van der Waals surface area contributed by atoms with Gasteiger partial charge in [0.2, 0.25) is 12.4 Å². The maximum absolute atomic E-state index is 12.6. The molecule has 14 nitrogen and oxygen atoms in total. The Morgan fingerprint density at radius 2 is 1.71 bits per heavy atom. The van der Waals surface area contributed by atoms with E-state index in [4.69, 9.17) is 17.2 Å². The first kappa shape index (κ1) is 26.9. The van der Waals surface area contributed by atoms with E-state index in [1.807, 2.05) is 0 Å². The molecule has 4 amide bonds. The molecule has 4 aromatic rings. The number of fused-ring (bicyclic) bond motifs is 2. The number of hydrogen-bond acceptors (Lipinski definition) is 11. The van der Waals surface area contributed by atoms with Gasteiger partial charge < -0.3 is 27.4 Å². The van der Waals surface area contributed by atoms with E-state index in [1.54, 1.807) is 36.4 Å². The molecule has 0 unspecified atom stereocenters. The number of carbonyl (C=O) groups excluding carboxylic acids is 4. The van der Waals surface area contributed by atoms with Crippen LogP contribution >= 0.6 is 0 Å². The quantitative estimate of drug-likeness (QED) is 0.0942. The number of aromatic nitrogens is 4. The van der Waals surface area contributed by atoms with Gasteiger partial charge in [0.25, 0.3) is 17.7 Å². The molecular formula is C27H26N10O4. The normalized spacial score (nSPS) is 12.4. The van der Waals surface area contributed by atoms with Crippen LogP contribution in [0.15, 0.2) is 48.7 Å². The van der Waals surface area contributed by atoms with E-state index in [0.717, 1.165) is 0 Å².